The third kappa shape index (κ3) is 15.9. The number of hydrogen-bond donors (Lipinski definition) is 6. The van der Waals surface area contributed by atoms with Crippen molar-refractivity contribution in [2.45, 2.75) is 141 Å². The first-order valence-corrected chi connectivity index (χ1v) is 38.2. The maximum Gasteiger partial charge on any atom is 0.416 e. The highest BCUT2D eigenvalue weighted by atomic mass is 16.6. The van der Waals surface area contributed by atoms with Crippen LogP contribution in [0, 0.1) is 11.3 Å². The van der Waals surface area contributed by atoms with Crippen molar-refractivity contribution in [1.29, 1.82) is 0 Å². The van der Waals surface area contributed by atoms with Crippen molar-refractivity contribution in [3.8, 4) is 51.3 Å². The molecular formula is C83H93N13O16. The fraction of sp³-hybridized carbons (Fsp3) is 0.410. The Morgan fingerprint density at radius 3 is 2.15 bits per heavy atom. The van der Waals surface area contributed by atoms with Crippen molar-refractivity contribution in [2.75, 3.05) is 87.7 Å². The number of amides is 9. The van der Waals surface area contributed by atoms with Crippen molar-refractivity contribution in [3.63, 3.8) is 0 Å². The standard InChI is InChI=1S/C83H93N13O16/c1-8-49(4)74(88-77(101)63-19-13-32-91(63)73(100)43-86-71(98)42-85-70(97)28-29-72(99)93-44-52-15-9-10-16-57(52)76-75(89-90-96(76)48(2)3)58-17-11-12-18-62(58)93)78(102)87-54-24-20-50(21-25-54)46-112-82(106)95-64-39-69(67(109-7)37-60(64)80(104)94-47-83(30-31-83)40-65(94)81(95)105)111-34-14-33-110-68-38-61-59(36-66(68)108-6)79(103)92-45-53(35-55(92)41-84-61)51-22-26-56(107-5)27-23-51/h9-12,15-18,20-27,36-39,45,48-49,55,63,65,74,81,84,105H,8,13-14,19,28-35,40-44,46-47H2,1-7H3,(H,85,97)(H,86,98)(H,87,102)(H,88,101)/t49-,55-,63-,65-,74-,81-/m0/s1. The van der Waals surface area contributed by atoms with Crippen LogP contribution in [0.3, 0.4) is 0 Å². The Hall–Kier alpha value is -12.0. The minimum Gasteiger partial charge on any atom is -0.497 e. The van der Waals surface area contributed by atoms with E-state index in [0.717, 1.165) is 57.0 Å². The number of para-hydroxylation sites is 1. The highest BCUT2D eigenvalue weighted by Crippen LogP contribution is 2.57. The second kappa shape index (κ2) is 32.9. The summed E-state index contributed by atoms with van der Waals surface area (Å²) in [5, 5.41) is 35.7. The molecule has 6 aliphatic heterocycles. The zero-order chi connectivity index (χ0) is 78.6. The van der Waals surface area contributed by atoms with Crippen molar-refractivity contribution in [3.05, 3.63) is 155 Å². The fourth-order valence-electron chi connectivity index (χ4n) is 15.7. The number of hydrogen-bond acceptors (Lipinski definition) is 19. The number of likely N-dealkylation sites (tertiary alicyclic amines) is 1. The van der Waals surface area contributed by atoms with Crippen LogP contribution >= 0.6 is 0 Å². The van der Waals surface area contributed by atoms with Crippen molar-refractivity contribution >= 4 is 81.7 Å². The van der Waals surface area contributed by atoms with Crippen molar-refractivity contribution < 1.29 is 76.7 Å². The third-order valence-corrected chi connectivity index (χ3v) is 22.3. The molecule has 0 bridgehead atoms. The Labute approximate surface area is 648 Å². The second-order valence-electron chi connectivity index (χ2n) is 29.8. The number of carbonyl (C=O) groups is 9. The van der Waals surface area contributed by atoms with Crippen LogP contribution in [0.25, 0.3) is 28.1 Å². The molecular weight excluding hydrogens is 1430 g/mol. The maximum absolute atomic E-state index is 14.6. The van der Waals surface area contributed by atoms with E-state index in [9.17, 15) is 48.3 Å². The lowest BCUT2D eigenvalue weighted by atomic mass is 9.95. The van der Waals surface area contributed by atoms with Crippen LogP contribution in [0.2, 0.25) is 0 Å². The molecule has 3 fully saturated rings. The summed E-state index contributed by atoms with van der Waals surface area (Å²) in [6, 6.07) is 33.2. The van der Waals surface area contributed by atoms with Crippen LogP contribution in [0.1, 0.15) is 135 Å². The molecule has 0 unspecified atom stereocenters. The largest absolute Gasteiger partial charge is 0.497 e. The predicted molar refractivity (Wildman–Crippen MR) is 414 cm³/mol. The molecule has 6 atom stereocenters. The van der Waals surface area contributed by atoms with Gasteiger partial charge >= 0.3 is 6.09 Å². The molecule has 14 rings (SSSR count). The molecule has 29 heteroatoms. The Morgan fingerprint density at radius 2 is 1.44 bits per heavy atom. The van der Waals surface area contributed by atoms with Gasteiger partial charge in [-0.3, -0.25) is 38.4 Å². The molecule has 29 nitrogen and oxygen atoms in total. The van der Waals surface area contributed by atoms with Gasteiger partial charge in [0.15, 0.2) is 29.2 Å². The number of benzene rings is 6. The lowest BCUT2D eigenvalue weighted by Gasteiger charge is -2.31. The number of carbonyl (C=O) groups excluding carboxylic acids is 9. The normalized spacial score (nSPS) is 18.7. The van der Waals surface area contributed by atoms with Crippen LogP contribution in [0.15, 0.2) is 128 Å². The number of aliphatic hydroxyl groups is 1. The molecule has 1 aliphatic carbocycles. The zero-order valence-electron chi connectivity index (χ0n) is 63.7. The first-order valence-electron chi connectivity index (χ1n) is 38.2. The third-order valence-electron chi connectivity index (χ3n) is 22.3. The molecule has 586 valence electrons. The van der Waals surface area contributed by atoms with Gasteiger partial charge in [0.2, 0.25) is 35.4 Å². The number of fused-ring (bicyclic) bond motifs is 9. The van der Waals surface area contributed by atoms with E-state index in [0.29, 0.717) is 97.0 Å². The summed E-state index contributed by atoms with van der Waals surface area (Å²) in [6.07, 6.45) is 3.69. The first kappa shape index (κ1) is 76.7. The van der Waals surface area contributed by atoms with E-state index in [4.69, 9.17) is 28.4 Å². The first-order chi connectivity index (χ1) is 54.1. The summed E-state index contributed by atoms with van der Waals surface area (Å²) in [6.45, 7) is 8.22. The monoisotopic (exact) mass is 1530 g/mol. The van der Waals surface area contributed by atoms with Gasteiger partial charge in [0.25, 0.3) is 11.8 Å². The van der Waals surface area contributed by atoms with Crippen LogP contribution in [-0.4, -0.2) is 186 Å². The lowest BCUT2D eigenvalue weighted by Crippen LogP contribution is -2.55. The van der Waals surface area contributed by atoms with E-state index in [1.165, 1.54) is 31.3 Å². The van der Waals surface area contributed by atoms with Crippen molar-refractivity contribution in [1.82, 2.24) is 45.6 Å². The SMILES string of the molecule is CC[C@H](C)[C@H](NC(=O)[C@@H]1CCCN1C(=O)CNC(=O)CNC(=O)CCC(=O)N1Cc2ccccc2-c2c(nnn2C(C)C)-c2ccccc21)C(=O)Nc1ccc(COC(=O)N2c3cc(OCCCOc4cc5c(cc4OC)C(=O)N4C=C(c6ccc(OC)cc6)C[C@H]4CN5)c(OC)cc3C(=O)N3CC4(CC4)C[C@H]3[C@@H]2O)cc1. The number of anilines is 4. The van der Waals surface area contributed by atoms with E-state index in [1.807, 2.05) is 111 Å². The Kier molecular flexibility index (Phi) is 22.5. The molecule has 1 saturated carbocycles. The quantitative estimate of drug-likeness (QED) is 0.0275. The summed E-state index contributed by atoms with van der Waals surface area (Å²) >= 11 is 0. The molecule has 2 saturated heterocycles. The number of rotatable bonds is 26. The van der Waals surface area contributed by atoms with Gasteiger partial charge in [0.1, 0.15) is 30.1 Å². The summed E-state index contributed by atoms with van der Waals surface area (Å²) in [7, 11) is 4.58. The number of aromatic nitrogens is 3. The van der Waals surface area contributed by atoms with E-state index in [2.05, 4.69) is 36.9 Å². The van der Waals surface area contributed by atoms with Crippen molar-refractivity contribution in [2.24, 2.45) is 11.3 Å². The molecule has 9 amide bonds. The van der Waals surface area contributed by atoms with Crippen LogP contribution < -0.4 is 60.1 Å². The highest BCUT2D eigenvalue weighted by molar-refractivity contribution is 6.07. The Morgan fingerprint density at radius 1 is 0.732 bits per heavy atom. The topological polar surface area (TPSA) is 336 Å². The smallest absolute Gasteiger partial charge is 0.416 e. The minimum absolute atomic E-state index is 0.0206. The van der Waals surface area contributed by atoms with E-state index in [1.54, 1.807) is 58.2 Å². The van der Waals surface area contributed by atoms with Crippen LogP contribution in [0.5, 0.6) is 28.7 Å². The molecule has 7 heterocycles. The highest BCUT2D eigenvalue weighted by Gasteiger charge is 2.58. The molecule has 7 aliphatic rings. The Balaban J connectivity index is 0.556. The van der Waals surface area contributed by atoms with Crippen LogP contribution in [-0.2, 0) is 46.7 Å². The second-order valence-corrected chi connectivity index (χ2v) is 29.8. The van der Waals surface area contributed by atoms with Crippen LogP contribution in [0.4, 0.5) is 27.5 Å². The molecule has 1 spiro atoms. The van der Waals surface area contributed by atoms with Gasteiger partial charge in [-0.15, -0.1) is 5.10 Å². The fourth-order valence-corrected chi connectivity index (χ4v) is 15.7. The number of nitrogens with one attached hydrogen (secondary N) is 5. The summed E-state index contributed by atoms with van der Waals surface area (Å²) in [5.41, 5.74) is 8.65. The molecule has 6 N–H and O–H groups in total. The summed E-state index contributed by atoms with van der Waals surface area (Å²) < 4.78 is 37.3. The average molecular weight is 1530 g/mol. The predicted octanol–water partition coefficient (Wildman–Crippen LogP) is 9.24. The van der Waals surface area contributed by atoms with E-state index < -0.39 is 73.1 Å². The Bertz CT molecular complexity index is 4830. The number of methoxy groups -OCH3 is 3. The van der Waals surface area contributed by atoms with E-state index >= 15 is 0 Å². The van der Waals surface area contributed by atoms with Gasteiger partial charge in [-0.1, -0.05) is 92.2 Å². The summed E-state index contributed by atoms with van der Waals surface area (Å²) in [4.78, 5) is 133. The summed E-state index contributed by atoms with van der Waals surface area (Å²) in [5.74, 6) is -2.03. The molecule has 6 aromatic carbocycles. The van der Waals surface area contributed by atoms with E-state index in [-0.39, 0.29) is 110 Å². The maximum atomic E-state index is 14.6. The molecule has 0 radical (unpaired) electrons. The number of ether oxygens (including phenoxy) is 6. The van der Waals surface area contributed by atoms with Gasteiger partial charge in [-0.25, -0.2) is 14.4 Å². The molecule has 7 aromatic rings. The minimum atomic E-state index is -1.50. The average Bonchev–Trinajstić information content (AvgIpc) is 1.53. The number of aliphatic hydroxyl groups excluding tert-OH is 1. The van der Waals surface area contributed by atoms with Gasteiger partial charge in [-0.2, -0.15) is 0 Å². The van der Waals surface area contributed by atoms with Gasteiger partial charge in [0.05, 0.1) is 100 Å². The van der Waals surface area contributed by atoms with Gasteiger partial charge in [0, 0.05) is 80.1 Å². The van der Waals surface area contributed by atoms with Gasteiger partial charge < -0.3 is 79.7 Å². The molecule has 1 aromatic heterocycles. The number of nitrogens with zero attached hydrogens (tertiary/aromatic N) is 8. The zero-order valence-corrected chi connectivity index (χ0v) is 63.7. The molecule has 112 heavy (non-hydrogen) atoms. The van der Waals surface area contributed by atoms with Gasteiger partial charge in [-0.05, 0) is 128 Å². The lowest BCUT2D eigenvalue weighted by molar-refractivity contribution is -0.139.